The van der Waals surface area contributed by atoms with Crippen LogP contribution in [0.15, 0.2) is 0 Å². The second kappa shape index (κ2) is 6.28. The minimum atomic E-state index is -0.496. The minimum absolute atomic E-state index is 0.0574. The van der Waals surface area contributed by atoms with Gasteiger partial charge in [-0.25, -0.2) is 0 Å². The molecule has 0 aliphatic carbocycles. The van der Waals surface area contributed by atoms with E-state index in [0.717, 1.165) is 0 Å². The van der Waals surface area contributed by atoms with Crippen molar-refractivity contribution in [3.63, 3.8) is 0 Å². The van der Waals surface area contributed by atoms with Crippen LogP contribution in [0.1, 0.15) is 18.3 Å². The maximum Gasteiger partial charge on any atom is 0.312 e. The van der Waals surface area contributed by atoms with Gasteiger partial charge in [0, 0.05) is 13.1 Å². The van der Waals surface area contributed by atoms with E-state index in [2.05, 4.69) is 5.10 Å². The molecule has 0 radical (unpaired) electrons. The van der Waals surface area contributed by atoms with Crippen LogP contribution in [0.25, 0.3) is 0 Å². The van der Waals surface area contributed by atoms with Gasteiger partial charge < -0.3 is 10.0 Å². The maximum atomic E-state index is 12.0. The van der Waals surface area contributed by atoms with Gasteiger partial charge in [0.05, 0.1) is 11.5 Å². The highest BCUT2D eigenvalue weighted by molar-refractivity contribution is 5.76. The SMILES string of the molecule is CCN(CCO)C(=O)Cn1nc(C)c([N+](=O)[O-])c1C. The van der Waals surface area contributed by atoms with Crippen molar-refractivity contribution in [1.29, 1.82) is 0 Å². The van der Waals surface area contributed by atoms with Gasteiger partial charge in [-0.1, -0.05) is 0 Å². The molecule has 106 valence electrons. The second-order valence-corrected chi connectivity index (χ2v) is 4.13. The fraction of sp³-hybridized carbons (Fsp3) is 0.636. The number of amides is 1. The summed E-state index contributed by atoms with van der Waals surface area (Å²) in [4.78, 5) is 23.8. The van der Waals surface area contributed by atoms with Crippen LogP contribution in [0, 0.1) is 24.0 Å². The van der Waals surface area contributed by atoms with Crippen molar-refractivity contribution in [2.75, 3.05) is 19.7 Å². The number of carbonyl (C=O) groups is 1. The molecule has 8 heteroatoms. The van der Waals surface area contributed by atoms with Gasteiger partial charge >= 0.3 is 5.69 Å². The lowest BCUT2D eigenvalue weighted by atomic mass is 10.3. The molecule has 0 spiro atoms. The van der Waals surface area contributed by atoms with E-state index >= 15 is 0 Å². The molecule has 1 N–H and O–H groups in total. The lowest BCUT2D eigenvalue weighted by Crippen LogP contribution is -2.36. The van der Waals surface area contributed by atoms with Gasteiger partial charge in [0.25, 0.3) is 0 Å². The molecule has 1 aromatic heterocycles. The molecular weight excluding hydrogens is 252 g/mol. The Morgan fingerprint density at radius 3 is 2.58 bits per heavy atom. The number of aliphatic hydroxyl groups is 1. The van der Waals surface area contributed by atoms with Crippen molar-refractivity contribution in [1.82, 2.24) is 14.7 Å². The standard InChI is InChI=1S/C11H18N4O4/c1-4-13(5-6-16)10(17)7-14-9(3)11(15(18)19)8(2)12-14/h16H,4-7H2,1-3H3. The number of nitro groups is 1. The fourth-order valence-electron chi connectivity index (χ4n) is 1.91. The van der Waals surface area contributed by atoms with Crippen LogP contribution < -0.4 is 0 Å². The van der Waals surface area contributed by atoms with E-state index in [1.807, 2.05) is 0 Å². The van der Waals surface area contributed by atoms with Gasteiger partial charge in [0.2, 0.25) is 5.91 Å². The Morgan fingerprint density at radius 1 is 1.53 bits per heavy atom. The largest absolute Gasteiger partial charge is 0.395 e. The van der Waals surface area contributed by atoms with Gasteiger partial charge in [0.1, 0.15) is 17.9 Å². The average molecular weight is 270 g/mol. The molecule has 0 saturated carbocycles. The molecule has 1 rings (SSSR count). The third-order valence-electron chi connectivity index (χ3n) is 2.92. The van der Waals surface area contributed by atoms with Crippen LogP contribution in [0.5, 0.6) is 0 Å². The lowest BCUT2D eigenvalue weighted by Gasteiger charge is -2.19. The Morgan fingerprint density at radius 2 is 2.16 bits per heavy atom. The minimum Gasteiger partial charge on any atom is -0.395 e. The van der Waals surface area contributed by atoms with Crippen molar-refractivity contribution < 1.29 is 14.8 Å². The zero-order chi connectivity index (χ0) is 14.6. The zero-order valence-corrected chi connectivity index (χ0v) is 11.3. The van der Waals surface area contributed by atoms with Crippen molar-refractivity contribution in [2.24, 2.45) is 0 Å². The van der Waals surface area contributed by atoms with Crippen molar-refractivity contribution in [3.05, 3.63) is 21.5 Å². The summed E-state index contributed by atoms with van der Waals surface area (Å²) in [6.45, 7) is 5.45. The number of aromatic nitrogens is 2. The summed E-state index contributed by atoms with van der Waals surface area (Å²) in [5.41, 5.74) is 0.592. The molecule has 0 saturated heterocycles. The summed E-state index contributed by atoms with van der Waals surface area (Å²) in [5.74, 6) is -0.225. The molecule has 0 atom stereocenters. The van der Waals surface area contributed by atoms with Crippen molar-refractivity contribution >= 4 is 11.6 Å². The fourth-order valence-corrected chi connectivity index (χ4v) is 1.91. The molecule has 8 nitrogen and oxygen atoms in total. The van der Waals surface area contributed by atoms with Crippen LogP contribution in [-0.4, -0.2) is 50.3 Å². The number of rotatable bonds is 6. The third kappa shape index (κ3) is 3.28. The van der Waals surface area contributed by atoms with Crippen LogP contribution in [0.2, 0.25) is 0 Å². The van der Waals surface area contributed by atoms with Gasteiger partial charge in [0.15, 0.2) is 0 Å². The molecular formula is C11H18N4O4. The molecule has 0 aliphatic rings. The molecule has 0 bridgehead atoms. The summed E-state index contributed by atoms with van der Waals surface area (Å²) in [6.07, 6.45) is 0. The van der Waals surface area contributed by atoms with Crippen LogP contribution in [0.3, 0.4) is 0 Å². The predicted molar refractivity (Wildman–Crippen MR) is 67.7 cm³/mol. The molecule has 0 aliphatic heterocycles. The predicted octanol–water partition coefficient (Wildman–Crippen LogP) is 0.249. The molecule has 0 aromatic carbocycles. The van der Waals surface area contributed by atoms with E-state index in [1.165, 1.54) is 16.5 Å². The summed E-state index contributed by atoms with van der Waals surface area (Å²) in [6, 6.07) is 0. The maximum absolute atomic E-state index is 12.0. The van der Waals surface area contributed by atoms with Gasteiger partial charge in [-0.2, -0.15) is 5.10 Å². The number of aryl methyl sites for hydroxylation is 1. The highest BCUT2D eigenvalue weighted by Crippen LogP contribution is 2.21. The third-order valence-corrected chi connectivity index (χ3v) is 2.92. The second-order valence-electron chi connectivity index (χ2n) is 4.13. The van der Waals surface area contributed by atoms with E-state index in [9.17, 15) is 14.9 Å². The van der Waals surface area contributed by atoms with Crippen molar-refractivity contribution in [3.8, 4) is 0 Å². The first-order valence-electron chi connectivity index (χ1n) is 5.99. The number of likely N-dealkylation sites (N-methyl/N-ethyl adjacent to an activating group) is 1. The highest BCUT2D eigenvalue weighted by Gasteiger charge is 2.23. The van der Waals surface area contributed by atoms with E-state index in [1.54, 1.807) is 13.8 Å². The van der Waals surface area contributed by atoms with Crippen LogP contribution >= 0.6 is 0 Å². The number of hydrogen-bond donors (Lipinski definition) is 1. The van der Waals surface area contributed by atoms with Crippen molar-refractivity contribution in [2.45, 2.75) is 27.3 Å². The molecule has 0 unspecified atom stereocenters. The molecule has 1 heterocycles. The summed E-state index contributed by atoms with van der Waals surface area (Å²) < 4.78 is 1.33. The topological polar surface area (TPSA) is 102 Å². The molecule has 0 fully saturated rings. The monoisotopic (exact) mass is 270 g/mol. The van der Waals surface area contributed by atoms with Gasteiger partial charge in [-0.3, -0.25) is 19.6 Å². The highest BCUT2D eigenvalue weighted by atomic mass is 16.6. The zero-order valence-electron chi connectivity index (χ0n) is 11.3. The number of aliphatic hydroxyl groups excluding tert-OH is 1. The number of hydrogen-bond acceptors (Lipinski definition) is 5. The van der Waals surface area contributed by atoms with E-state index in [-0.39, 0.29) is 31.3 Å². The summed E-state index contributed by atoms with van der Waals surface area (Å²) in [7, 11) is 0. The molecule has 1 amide bonds. The quantitative estimate of drug-likeness (QED) is 0.589. The first-order chi connectivity index (χ1) is 8.92. The smallest absolute Gasteiger partial charge is 0.312 e. The number of carbonyl (C=O) groups excluding carboxylic acids is 1. The lowest BCUT2D eigenvalue weighted by molar-refractivity contribution is -0.386. The number of nitrogens with zero attached hydrogens (tertiary/aromatic N) is 4. The van der Waals surface area contributed by atoms with E-state index in [0.29, 0.717) is 17.9 Å². The van der Waals surface area contributed by atoms with Crippen LogP contribution in [-0.2, 0) is 11.3 Å². The molecule has 19 heavy (non-hydrogen) atoms. The summed E-state index contributed by atoms with van der Waals surface area (Å²) in [5, 5.41) is 23.7. The van der Waals surface area contributed by atoms with Crippen LogP contribution in [0.4, 0.5) is 5.69 Å². The Hall–Kier alpha value is -1.96. The Balaban J connectivity index is 2.91. The first-order valence-corrected chi connectivity index (χ1v) is 5.99. The van der Waals surface area contributed by atoms with Gasteiger partial charge in [-0.15, -0.1) is 0 Å². The average Bonchev–Trinajstić information content (AvgIpc) is 2.61. The Kier molecular flexibility index (Phi) is 4.99. The molecule has 1 aromatic rings. The Bertz CT molecular complexity index is 483. The van der Waals surface area contributed by atoms with Gasteiger partial charge in [-0.05, 0) is 20.8 Å². The van der Waals surface area contributed by atoms with E-state index in [4.69, 9.17) is 5.11 Å². The first kappa shape index (κ1) is 15.1. The summed E-state index contributed by atoms with van der Waals surface area (Å²) >= 11 is 0. The normalized spacial score (nSPS) is 10.5. The Labute approximate surface area is 110 Å². The van der Waals surface area contributed by atoms with E-state index < -0.39 is 4.92 Å².